The van der Waals surface area contributed by atoms with Gasteiger partial charge in [0, 0.05) is 19.1 Å². The molecule has 0 aliphatic carbocycles. The highest BCUT2D eigenvalue weighted by Crippen LogP contribution is 2.27. The number of nitrogens with zero attached hydrogens (tertiary/aromatic N) is 1. The van der Waals surface area contributed by atoms with Crippen LogP contribution < -0.4 is 15.8 Å². The molecule has 23 heavy (non-hydrogen) atoms. The Labute approximate surface area is 136 Å². The first-order valence-corrected chi connectivity index (χ1v) is 8.13. The molecule has 124 valence electrons. The summed E-state index contributed by atoms with van der Waals surface area (Å²) in [6, 6.07) is 8.04. The quantitative estimate of drug-likeness (QED) is 0.837. The van der Waals surface area contributed by atoms with E-state index in [4.69, 9.17) is 10.5 Å². The Morgan fingerprint density at radius 2 is 2.00 bits per heavy atom. The van der Waals surface area contributed by atoms with Crippen molar-refractivity contribution in [2.24, 2.45) is 11.7 Å². The largest absolute Gasteiger partial charge is 0.492 e. The zero-order valence-electron chi connectivity index (χ0n) is 13.2. The molecule has 2 aliphatic rings. The third-order valence-corrected chi connectivity index (χ3v) is 4.56. The molecule has 0 aromatic heterocycles. The molecule has 3 rings (SSSR count). The number of primary amides is 1. The highest BCUT2D eigenvalue weighted by molar-refractivity contribution is 5.80. The number of carbonyl (C=O) groups is 2. The summed E-state index contributed by atoms with van der Waals surface area (Å²) in [4.78, 5) is 25.4. The van der Waals surface area contributed by atoms with Gasteiger partial charge in [0.2, 0.25) is 11.8 Å². The molecule has 1 aromatic rings. The van der Waals surface area contributed by atoms with Crippen molar-refractivity contribution in [1.82, 2.24) is 10.2 Å². The number of hydrogen-bond acceptors (Lipinski definition) is 4. The average molecular weight is 317 g/mol. The van der Waals surface area contributed by atoms with Crippen LogP contribution in [0.2, 0.25) is 0 Å². The van der Waals surface area contributed by atoms with Gasteiger partial charge in [-0.15, -0.1) is 0 Å². The lowest BCUT2D eigenvalue weighted by Gasteiger charge is -2.33. The Balaban J connectivity index is 1.48. The number of nitrogens with two attached hydrogens (primary N) is 1. The zero-order valence-corrected chi connectivity index (χ0v) is 13.2. The summed E-state index contributed by atoms with van der Waals surface area (Å²) in [5.74, 6) is 0.517. The number of likely N-dealkylation sites (tertiary alicyclic amines) is 1. The van der Waals surface area contributed by atoms with E-state index in [0.29, 0.717) is 13.2 Å². The molecule has 6 nitrogen and oxygen atoms in total. The van der Waals surface area contributed by atoms with Crippen LogP contribution in [0.3, 0.4) is 0 Å². The molecule has 2 amide bonds. The van der Waals surface area contributed by atoms with Crippen LogP contribution in [0.5, 0.6) is 5.75 Å². The summed E-state index contributed by atoms with van der Waals surface area (Å²) in [7, 11) is 0. The van der Waals surface area contributed by atoms with Gasteiger partial charge in [0.1, 0.15) is 12.4 Å². The van der Waals surface area contributed by atoms with Crippen molar-refractivity contribution in [2.45, 2.75) is 25.3 Å². The van der Waals surface area contributed by atoms with Crippen LogP contribution in [0.1, 0.15) is 18.4 Å². The van der Waals surface area contributed by atoms with E-state index in [0.717, 1.165) is 43.7 Å². The van der Waals surface area contributed by atoms with Crippen molar-refractivity contribution >= 4 is 11.8 Å². The predicted octanol–water partition coefficient (Wildman–Crippen LogP) is 0.304. The first kappa shape index (κ1) is 15.8. The summed E-state index contributed by atoms with van der Waals surface area (Å²) in [6.45, 7) is 2.31. The molecule has 6 heteroatoms. The molecule has 1 fully saturated rings. The second kappa shape index (κ2) is 7.00. The third kappa shape index (κ3) is 4.01. The number of amides is 2. The fourth-order valence-corrected chi connectivity index (χ4v) is 3.27. The number of piperidine rings is 1. The molecule has 0 radical (unpaired) electrons. The summed E-state index contributed by atoms with van der Waals surface area (Å²) >= 11 is 0. The number of para-hydroxylation sites is 1. The molecule has 2 heterocycles. The van der Waals surface area contributed by atoms with Gasteiger partial charge >= 0.3 is 0 Å². The molecule has 0 saturated carbocycles. The lowest BCUT2D eigenvalue weighted by atomic mass is 9.95. The summed E-state index contributed by atoms with van der Waals surface area (Å²) in [6.07, 6.45) is 2.43. The Hall–Kier alpha value is -2.08. The van der Waals surface area contributed by atoms with Gasteiger partial charge in [-0.25, -0.2) is 0 Å². The van der Waals surface area contributed by atoms with Crippen molar-refractivity contribution in [3.8, 4) is 5.75 Å². The number of benzene rings is 1. The topological polar surface area (TPSA) is 84.7 Å². The van der Waals surface area contributed by atoms with E-state index in [2.05, 4.69) is 5.32 Å². The number of ether oxygens (including phenoxy) is 1. The van der Waals surface area contributed by atoms with Crippen molar-refractivity contribution in [3.05, 3.63) is 29.8 Å². The van der Waals surface area contributed by atoms with Crippen LogP contribution in [-0.4, -0.2) is 49.0 Å². The lowest BCUT2D eigenvalue weighted by molar-refractivity contribution is -0.127. The van der Waals surface area contributed by atoms with Crippen LogP contribution in [0.15, 0.2) is 24.3 Å². The summed E-state index contributed by atoms with van der Waals surface area (Å²) in [5.41, 5.74) is 6.30. The zero-order chi connectivity index (χ0) is 16.2. The van der Waals surface area contributed by atoms with Crippen LogP contribution in [0, 0.1) is 5.92 Å². The van der Waals surface area contributed by atoms with Gasteiger partial charge in [-0.1, -0.05) is 18.2 Å². The predicted molar refractivity (Wildman–Crippen MR) is 85.9 cm³/mol. The van der Waals surface area contributed by atoms with Crippen LogP contribution >= 0.6 is 0 Å². The fraction of sp³-hybridized carbons (Fsp3) is 0.529. The lowest BCUT2D eigenvalue weighted by Crippen LogP contribution is -2.49. The van der Waals surface area contributed by atoms with E-state index in [1.807, 2.05) is 29.2 Å². The van der Waals surface area contributed by atoms with Gasteiger partial charge in [0.05, 0.1) is 12.5 Å². The average Bonchev–Trinajstić information content (AvgIpc) is 2.55. The molecule has 0 spiro atoms. The molecule has 1 saturated heterocycles. The van der Waals surface area contributed by atoms with Gasteiger partial charge in [0.15, 0.2) is 0 Å². The minimum atomic E-state index is -0.300. The fourth-order valence-electron chi connectivity index (χ4n) is 3.27. The summed E-state index contributed by atoms with van der Waals surface area (Å²) < 4.78 is 5.69. The van der Waals surface area contributed by atoms with Gasteiger partial charge in [0.25, 0.3) is 0 Å². The number of nitrogens with one attached hydrogen (secondary N) is 1. The Bertz CT molecular complexity index is 582. The smallest absolute Gasteiger partial charge is 0.231 e. The molecular formula is C17H23N3O3. The Morgan fingerprint density at radius 3 is 2.74 bits per heavy atom. The van der Waals surface area contributed by atoms with Gasteiger partial charge in [-0.2, -0.15) is 0 Å². The highest BCUT2D eigenvalue weighted by Gasteiger charge is 2.28. The van der Waals surface area contributed by atoms with Crippen molar-refractivity contribution in [2.75, 3.05) is 26.2 Å². The number of fused-ring (bicyclic) bond motifs is 1. The molecule has 2 aliphatic heterocycles. The molecular weight excluding hydrogens is 294 g/mol. The number of hydrogen-bond donors (Lipinski definition) is 2. The minimum Gasteiger partial charge on any atom is -0.492 e. The SMILES string of the molecule is NC(=O)CN1CCC(NC(=O)C2COc3ccccc3C2)CC1. The minimum absolute atomic E-state index is 0.0628. The summed E-state index contributed by atoms with van der Waals surface area (Å²) in [5, 5.41) is 3.13. The number of rotatable bonds is 4. The second-order valence-corrected chi connectivity index (χ2v) is 6.35. The van der Waals surface area contributed by atoms with E-state index >= 15 is 0 Å². The Morgan fingerprint density at radius 1 is 1.26 bits per heavy atom. The van der Waals surface area contributed by atoms with Crippen molar-refractivity contribution in [1.29, 1.82) is 0 Å². The van der Waals surface area contributed by atoms with E-state index in [9.17, 15) is 9.59 Å². The van der Waals surface area contributed by atoms with Gasteiger partial charge in [-0.3, -0.25) is 14.5 Å². The maximum atomic E-state index is 12.5. The normalized spacial score (nSPS) is 22.0. The van der Waals surface area contributed by atoms with E-state index in [1.165, 1.54) is 0 Å². The first-order valence-electron chi connectivity index (χ1n) is 8.13. The molecule has 0 bridgehead atoms. The van der Waals surface area contributed by atoms with Gasteiger partial charge < -0.3 is 15.8 Å². The number of carbonyl (C=O) groups excluding carboxylic acids is 2. The van der Waals surface area contributed by atoms with Crippen molar-refractivity contribution in [3.63, 3.8) is 0 Å². The van der Waals surface area contributed by atoms with E-state index in [-0.39, 0.29) is 23.8 Å². The van der Waals surface area contributed by atoms with Gasteiger partial charge in [-0.05, 0) is 30.9 Å². The van der Waals surface area contributed by atoms with Crippen LogP contribution in [-0.2, 0) is 16.0 Å². The van der Waals surface area contributed by atoms with E-state index < -0.39 is 0 Å². The first-order chi connectivity index (χ1) is 11.1. The maximum Gasteiger partial charge on any atom is 0.231 e. The third-order valence-electron chi connectivity index (χ3n) is 4.56. The standard InChI is InChI=1S/C17H23N3O3/c18-16(21)10-20-7-5-14(6-8-20)19-17(22)13-9-12-3-1-2-4-15(12)23-11-13/h1-4,13-14H,5-11H2,(H2,18,21)(H,19,22). The molecule has 1 unspecified atom stereocenters. The second-order valence-electron chi connectivity index (χ2n) is 6.35. The van der Waals surface area contributed by atoms with Crippen molar-refractivity contribution < 1.29 is 14.3 Å². The molecule has 1 atom stereocenters. The Kier molecular flexibility index (Phi) is 4.81. The van der Waals surface area contributed by atoms with Crippen LogP contribution in [0.25, 0.3) is 0 Å². The maximum absolute atomic E-state index is 12.5. The monoisotopic (exact) mass is 317 g/mol. The molecule has 1 aromatic carbocycles. The van der Waals surface area contributed by atoms with E-state index in [1.54, 1.807) is 0 Å². The molecule has 3 N–H and O–H groups in total. The van der Waals surface area contributed by atoms with Crippen LogP contribution in [0.4, 0.5) is 0 Å². The highest BCUT2D eigenvalue weighted by atomic mass is 16.5.